The van der Waals surface area contributed by atoms with Crippen LogP contribution in [0.4, 0.5) is 15.8 Å². The molecule has 1 N–H and O–H groups in total. The van der Waals surface area contributed by atoms with Crippen molar-refractivity contribution in [3.63, 3.8) is 0 Å². The topological polar surface area (TPSA) is 85.1 Å². The summed E-state index contributed by atoms with van der Waals surface area (Å²) in [5, 5.41) is 14.0. The van der Waals surface area contributed by atoms with Crippen molar-refractivity contribution in [3.8, 4) is 0 Å². The standard InChI is InChI=1S/C20H16FN3O3S/c1-12-5-8-18(13(2)10-12)28-20-15(4-3-9-22-20)19(25)23-14-6-7-16(21)17(11-14)24(26)27/h3-11H,1-2H3,(H,23,25). The molecule has 0 bridgehead atoms. The minimum absolute atomic E-state index is 0.129. The number of nitro benzene ring substituents is 1. The van der Waals surface area contributed by atoms with Crippen molar-refractivity contribution in [2.24, 2.45) is 0 Å². The lowest BCUT2D eigenvalue weighted by atomic mass is 10.2. The molecule has 0 fully saturated rings. The van der Waals surface area contributed by atoms with Gasteiger partial charge in [0.1, 0.15) is 5.03 Å². The molecule has 0 aliphatic carbocycles. The van der Waals surface area contributed by atoms with Crippen LogP contribution < -0.4 is 5.32 Å². The number of hydrogen-bond donors (Lipinski definition) is 1. The first-order chi connectivity index (χ1) is 13.3. The van der Waals surface area contributed by atoms with Crippen LogP contribution in [-0.4, -0.2) is 15.8 Å². The number of benzene rings is 2. The van der Waals surface area contributed by atoms with Crippen LogP contribution >= 0.6 is 11.8 Å². The number of nitro groups is 1. The number of carbonyl (C=O) groups excluding carboxylic acids is 1. The number of anilines is 1. The summed E-state index contributed by atoms with van der Waals surface area (Å²) in [5.74, 6) is -1.45. The third kappa shape index (κ3) is 4.34. The predicted octanol–water partition coefficient (Wildman–Crippen LogP) is 5.15. The third-order valence-electron chi connectivity index (χ3n) is 3.95. The highest BCUT2D eigenvalue weighted by molar-refractivity contribution is 7.99. The van der Waals surface area contributed by atoms with Crippen molar-refractivity contribution in [1.82, 2.24) is 4.98 Å². The molecule has 8 heteroatoms. The molecule has 0 saturated carbocycles. The molecule has 3 rings (SSSR count). The lowest BCUT2D eigenvalue weighted by Crippen LogP contribution is -2.14. The summed E-state index contributed by atoms with van der Waals surface area (Å²) < 4.78 is 13.5. The molecule has 1 aromatic heterocycles. The number of carbonyl (C=O) groups is 1. The second kappa shape index (κ2) is 8.18. The van der Waals surface area contributed by atoms with Gasteiger partial charge in [0.2, 0.25) is 5.82 Å². The molecule has 6 nitrogen and oxygen atoms in total. The molecule has 3 aromatic rings. The van der Waals surface area contributed by atoms with Crippen LogP contribution in [0.15, 0.2) is 64.6 Å². The van der Waals surface area contributed by atoms with Crippen molar-refractivity contribution in [2.75, 3.05) is 5.32 Å². The van der Waals surface area contributed by atoms with Gasteiger partial charge in [0.15, 0.2) is 0 Å². The highest BCUT2D eigenvalue weighted by Crippen LogP contribution is 2.32. The number of nitrogens with one attached hydrogen (secondary N) is 1. The number of rotatable bonds is 5. The molecule has 1 amide bonds. The van der Waals surface area contributed by atoms with Crippen LogP contribution in [0.2, 0.25) is 0 Å². The SMILES string of the molecule is Cc1ccc(Sc2ncccc2C(=O)Nc2ccc(F)c([N+](=O)[O-])c2)c(C)c1. The quantitative estimate of drug-likeness (QED) is 0.475. The van der Waals surface area contributed by atoms with E-state index in [1.54, 1.807) is 18.3 Å². The summed E-state index contributed by atoms with van der Waals surface area (Å²) in [5.41, 5.74) is 1.95. The fourth-order valence-corrected chi connectivity index (χ4v) is 3.54. The van der Waals surface area contributed by atoms with E-state index >= 15 is 0 Å². The molecule has 0 aliphatic heterocycles. The summed E-state index contributed by atoms with van der Waals surface area (Å²) in [6, 6.07) is 12.4. The van der Waals surface area contributed by atoms with Gasteiger partial charge in [0.25, 0.3) is 5.91 Å². The summed E-state index contributed by atoms with van der Waals surface area (Å²) in [4.78, 5) is 28.0. The number of aromatic nitrogens is 1. The maximum Gasteiger partial charge on any atom is 0.306 e. The second-order valence-corrected chi connectivity index (χ2v) is 7.14. The number of nitrogens with zero attached hydrogens (tertiary/aromatic N) is 2. The van der Waals surface area contributed by atoms with Gasteiger partial charge in [-0.2, -0.15) is 4.39 Å². The summed E-state index contributed by atoms with van der Waals surface area (Å²) in [6.07, 6.45) is 1.59. The number of amides is 1. The highest BCUT2D eigenvalue weighted by atomic mass is 32.2. The van der Waals surface area contributed by atoms with Gasteiger partial charge in [0.05, 0.1) is 10.5 Å². The summed E-state index contributed by atoms with van der Waals surface area (Å²) >= 11 is 1.36. The zero-order chi connectivity index (χ0) is 20.3. The molecule has 0 aliphatic rings. The van der Waals surface area contributed by atoms with E-state index in [4.69, 9.17) is 0 Å². The first-order valence-electron chi connectivity index (χ1n) is 8.30. The van der Waals surface area contributed by atoms with Crippen LogP contribution in [0.1, 0.15) is 21.5 Å². The Morgan fingerprint density at radius 2 is 1.96 bits per heavy atom. The number of halogens is 1. The van der Waals surface area contributed by atoms with E-state index in [2.05, 4.69) is 10.3 Å². The normalized spacial score (nSPS) is 10.5. The molecule has 2 aromatic carbocycles. The lowest BCUT2D eigenvalue weighted by Gasteiger charge is -2.11. The van der Waals surface area contributed by atoms with E-state index in [0.29, 0.717) is 10.6 Å². The zero-order valence-electron chi connectivity index (χ0n) is 15.1. The average Bonchev–Trinajstić information content (AvgIpc) is 2.65. The van der Waals surface area contributed by atoms with Crippen molar-refractivity contribution >= 4 is 29.0 Å². The van der Waals surface area contributed by atoms with E-state index in [0.717, 1.165) is 28.2 Å². The smallest absolute Gasteiger partial charge is 0.306 e. The highest BCUT2D eigenvalue weighted by Gasteiger charge is 2.18. The van der Waals surface area contributed by atoms with E-state index in [1.807, 2.05) is 32.0 Å². The van der Waals surface area contributed by atoms with Crippen molar-refractivity contribution in [3.05, 3.63) is 87.3 Å². The van der Waals surface area contributed by atoms with Gasteiger partial charge in [-0.05, 0) is 49.7 Å². The van der Waals surface area contributed by atoms with Gasteiger partial charge < -0.3 is 5.32 Å². The van der Waals surface area contributed by atoms with E-state index in [-0.39, 0.29) is 5.69 Å². The Morgan fingerprint density at radius 1 is 1.18 bits per heavy atom. The molecule has 1 heterocycles. The minimum atomic E-state index is -0.963. The molecule has 142 valence electrons. The van der Waals surface area contributed by atoms with Gasteiger partial charge in [0, 0.05) is 22.8 Å². The minimum Gasteiger partial charge on any atom is -0.322 e. The van der Waals surface area contributed by atoms with Gasteiger partial charge in [-0.25, -0.2) is 4.98 Å². The fourth-order valence-electron chi connectivity index (χ4n) is 2.59. The first kappa shape index (κ1) is 19.5. The Labute approximate surface area is 165 Å². The fraction of sp³-hybridized carbons (Fsp3) is 0.100. The van der Waals surface area contributed by atoms with E-state index in [9.17, 15) is 19.3 Å². The Hall–Kier alpha value is -3.26. The first-order valence-corrected chi connectivity index (χ1v) is 9.12. The molecular weight excluding hydrogens is 381 g/mol. The van der Waals surface area contributed by atoms with Crippen LogP contribution in [0.5, 0.6) is 0 Å². The number of hydrogen-bond acceptors (Lipinski definition) is 5. The van der Waals surface area contributed by atoms with Crippen LogP contribution in [0.3, 0.4) is 0 Å². The lowest BCUT2D eigenvalue weighted by molar-refractivity contribution is -0.387. The maximum absolute atomic E-state index is 13.5. The Bertz CT molecular complexity index is 1070. The molecule has 0 radical (unpaired) electrons. The number of aryl methyl sites for hydroxylation is 2. The predicted molar refractivity (Wildman–Crippen MR) is 105 cm³/mol. The van der Waals surface area contributed by atoms with Crippen LogP contribution in [0, 0.1) is 29.8 Å². The van der Waals surface area contributed by atoms with Crippen molar-refractivity contribution in [2.45, 2.75) is 23.8 Å². The van der Waals surface area contributed by atoms with E-state index in [1.165, 1.54) is 17.8 Å². The van der Waals surface area contributed by atoms with Gasteiger partial charge in [-0.3, -0.25) is 14.9 Å². The summed E-state index contributed by atoms with van der Waals surface area (Å²) in [7, 11) is 0. The Balaban J connectivity index is 1.87. The second-order valence-electron chi connectivity index (χ2n) is 6.10. The molecular formula is C20H16FN3O3S. The molecule has 28 heavy (non-hydrogen) atoms. The third-order valence-corrected chi connectivity index (χ3v) is 5.15. The molecule has 0 atom stereocenters. The van der Waals surface area contributed by atoms with Crippen molar-refractivity contribution in [1.29, 1.82) is 0 Å². The Morgan fingerprint density at radius 3 is 2.68 bits per heavy atom. The van der Waals surface area contributed by atoms with Gasteiger partial charge >= 0.3 is 5.69 Å². The molecule has 0 spiro atoms. The summed E-state index contributed by atoms with van der Waals surface area (Å²) in [6.45, 7) is 3.98. The van der Waals surface area contributed by atoms with Crippen LogP contribution in [0.25, 0.3) is 0 Å². The van der Waals surface area contributed by atoms with Gasteiger partial charge in [-0.1, -0.05) is 29.5 Å². The van der Waals surface area contributed by atoms with Crippen molar-refractivity contribution < 1.29 is 14.1 Å². The number of pyridine rings is 1. The zero-order valence-corrected chi connectivity index (χ0v) is 15.9. The molecule has 0 unspecified atom stereocenters. The van der Waals surface area contributed by atoms with E-state index < -0.39 is 22.3 Å². The molecule has 0 saturated heterocycles. The maximum atomic E-state index is 13.5. The largest absolute Gasteiger partial charge is 0.322 e. The van der Waals surface area contributed by atoms with Crippen LogP contribution in [-0.2, 0) is 0 Å². The monoisotopic (exact) mass is 397 g/mol. The van der Waals surface area contributed by atoms with Gasteiger partial charge in [-0.15, -0.1) is 0 Å². The average molecular weight is 397 g/mol. The Kier molecular flexibility index (Phi) is 5.70.